The Morgan fingerprint density at radius 3 is 2.02 bits per heavy atom. The Kier molecular flexibility index (Phi) is 22.5. The summed E-state index contributed by atoms with van der Waals surface area (Å²) in [5.41, 5.74) is 3.31. The van der Waals surface area contributed by atoms with Gasteiger partial charge in [0.2, 0.25) is 8.32 Å². The van der Waals surface area contributed by atoms with E-state index in [1.54, 1.807) is 12.2 Å². The molecule has 0 saturated heterocycles. The van der Waals surface area contributed by atoms with Crippen molar-refractivity contribution in [2.75, 3.05) is 7.11 Å². The normalized spacial score (nSPS) is 25.5. The minimum atomic E-state index is -2.29. The predicted octanol–water partition coefficient (Wildman–Crippen LogP) is 13.4. The molecule has 5 atom stereocenters. The van der Waals surface area contributed by atoms with Crippen LogP contribution in [0.3, 0.4) is 0 Å². The second-order valence-electron chi connectivity index (χ2n) is 19.6. The first kappa shape index (κ1) is 52.9. The summed E-state index contributed by atoms with van der Waals surface area (Å²) in [6, 6.07) is 0. The van der Waals surface area contributed by atoms with Crippen molar-refractivity contribution in [3.8, 4) is 0 Å². The van der Waals surface area contributed by atoms with Gasteiger partial charge in [0.05, 0.1) is 25.4 Å². The molecular formula is C47H84O7Si3. The summed E-state index contributed by atoms with van der Waals surface area (Å²) in [6.07, 6.45) is 23.6. The third-order valence-corrected chi connectivity index (χ3v) is 23.1. The van der Waals surface area contributed by atoms with E-state index in [0.29, 0.717) is 23.0 Å². The Morgan fingerprint density at radius 1 is 0.860 bits per heavy atom. The smallest absolute Gasteiger partial charge is 0.330 e. The van der Waals surface area contributed by atoms with Gasteiger partial charge in [-0.05, 0) is 100 Å². The van der Waals surface area contributed by atoms with Crippen molar-refractivity contribution in [2.24, 2.45) is 5.92 Å². The first-order valence-corrected chi connectivity index (χ1v) is 30.1. The largest absolute Gasteiger partial charge is 0.466 e. The fourth-order valence-corrected chi connectivity index (χ4v) is 15.6. The molecule has 0 unspecified atom stereocenters. The van der Waals surface area contributed by atoms with Crippen LogP contribution in [0.2, 0.25) is 54.4 Å². The molecule has 1 aliphatic heterocycles. The highest BCUT2D eigenvalue weighted by molar-refractivity contribution is 6.77. The Balaban J connectivity index is 3.82. The van der Waals surface area contributed by atoms with Crippen molar-refractivity contribution in [1.29, 1.82) is 0 Å². The Labute approximate surface area is 353 Å². The second-order valence-corrected chi connectivity index (χ2v) is 34.3. The van der Waals surface area contributed by atoms with Gasteiger partial charge >= 0.3 is 11.9 Å². The van der Waals surface area contributed by atoms with E-state index >= 15 is 0 Å². The van der Waals surface area contributed by atoms with Crippen molar-refractivity contribution in [1.82, 2.24) is 0 Å². The van der Waals surface area contributed by atoms with Crippen LogP contribution in [0.4, 0.5) is 0 Å². The molecule has 7 nitrogen and oxygen atoms in total. The van der Waals surface area contributed by atoms with Gasteiger partial charge in [-0.3, -0.25) is 0 Å². The van der Waals surface area contributed by atoms with Crippen LogP contribution in [-0.2, 0) is 32.3 Å². The fourth-order valence-electron chi connectivity index (χ4n) is 7.57. The van der Waals surface area contributed by atoms with E-state index in [2.05, 4.69) is 132 Å². The SMILES string of the molecule is COC(=O)/C=C/C(C)=C/[C@@H](C)[C@H]1C/C(C)=C/C=C/CC[C@H](O[Si](C)(C)C)[C@H](O[Si](C(C)C)(C(C)C)C(C)C)/C=C/[C@@H](O[Si](C)(C)C(C)(C)C)CCC/C=C/C(=O)O1. The second kappa shape index (κ2) is 24.2. The van der Waals surface area contributed by atoms with Crippen LogP contribution in [-0.4, -0.2) is 68.4 Å². The van der Waals surface area contributed by atoms with Crippen molar-refractivity contribution in [3.05, 3.63) is 71.9 Å². The van der Waals surface area contributed by atoms with Crippen LogP contribution in [0, 0.1) is 5.92 Å². The lowest BCUT2D eigenvalue weighted by Gasteiger charge is -2.46. The van der Waals surface area contributed by atoms with Gasteiger partial charge in [0.1, 0.15) is 6.10 Å². The van der Waals surface area contributed by atoms with E-state index in [1.165, 1.54) is 13.2 Å². The summed E-state index contributed by atoms with van der Waals surface area (Å²) in [7, 11) is -5.02. The summed E-state index contributed by atoms with van der Waals surface area (Å²) >= 11 is 0. The predicted molar refractivity (Wildman–Crippen MR) is 249 cm³/mol. The number of rotatable bonds is 13. The van der Waals surface area contributed by atoms with Crippen LogP contribution < -0.4 is 0 Å². The molecule has 1 heterocycles. The number of hydrogen-bond donors (Lipinski definition) is 0. The van der Waals surface area contributed by atoms with E-state index in [-0.39, 0.29) is 41.3 Å². The van der Waals surface area contributed by atoms with Gasteiger partial charge in [0.25, 0.3) is 0 Å². The molecule has 0 N–H and O–H groups in total. The number of allylic oxidation sites excluding steroid dienone is 6. The summed E-state index contributed by atoms with van der Waals surface area (Å²) in [6.45, 7) is 38.5. The molecule has 0 aromatic rings. The number of cyclic esters (lactones) is 1. The van der Waals surface area contributed by atoms with E-state index in [0.717, 1.165) is 43.3 Å². The molecule has 0 spiro atoms. The number of carbonyl (C=O) groups excluding carboxylic acids is 2. The average Bonchev–Trinajstić information content (AvgIpc) is 3.07. The maximum absolute atomic E-state index is 13.2. The zero-order valence-corrected chi connectivity index (χ0v) is 42.5. The minimum absolute atomic E-state index is 0.0558. The van der Waals surface area contributed by atoms with Gasteiger partial charge in [-0.25, -0.2) is 9.59 Å². The standard InChI is InChI=1S/C47H84O7Si3/c1-35(2)57(36(3)4,37(5)6)54-43-31-30-41(52-56(17,18)47(10,11)12)26-22-20-24-28-46(49)51-44(40(9)33-39(8)29-32-45(48)50-13)34-38(7)25-21-19-23-27-42(43)53-55(14,15)16/h19,21,24-25,28-33,35-37,40-44H,20,22-23,26-27,34H2,1-18H3/b21-19+,28-24+,31-30+,32-29+,38-25+,39-33+/t40-,41+,42+,43-,44-/m1/s1. The van der Waals surface area contributed by atoms with E-state index in [1.807, 2.05) is 26.0 Å². The first-order chi connectivity index (χ1) is 26.2. The zero-order chi connectivity index (χ0) is 43.8. The number of carbonyl (C=O) groups is 2. The first-order valence-electron chi connectivity index (χ1n) is 21.6. The fraction of sp³-hybridized carbons (Fsp3) is 0.702. The minimum Gasteiger partial charge on any atom is -0.466 e. The molecule has 0 radical (unpaired) electrons. The summed E-state index contributed by atoms with van der Waals surface area (Å²) < 4.78 is 32.7. The van der Waals surface area contributed by atoms with Gasteiger partial charge in [-0.2, -0.15) is 0 Å². The molecule has 1 rings (SSSR count). The summed E-state index contributed by atoms with van der Waals surface area (Å²) in [4.78, 5) is 24.9. The molecule has 0 bridgehead atoms. The molecule has 1 aliphatic rings. The number of hydrogen-bond acceptors (Lipinski definition) is 7. The van der Waals surface area contributed by atoms with Crippen LogP contribution >= 0.6 is 0 Å². The van der Waals surface area contributed by atoms with Crippen LogP contribution in [0.25, 0.3) is 0 Å². The Morgan fingerprint density at radius 2 is 1.47 bits per heavy atom. The monoisotopic (exact) mass is 845 g/mol. The number of methoxy groups -OCH3 is 1. The van der Waals surface area contributed by atoms with Crippen LogP contribution in [0.15, 0.2) is 71.9 Å². The van der Waals surface area contributed by atoms with E-state index in [4.69, 9.17) is 22.8 Å². The zero-order valence-electron chi connectivity index (χ0n) is 39.5. The van der Waals surface area contributed by atoms with Crippen molar-refractivity contribution in [2.45, 2.75) is 200 Å². The molecule has 10 heteroatoms. The average molecular weight is 845 g/mol. The quantitative estimate of drug-likeness (QED) is 0.0600. The summed E-state index contributed by atoms with van der Waals surface area (Å²) in [5.74, 6) is -0.854. The van der Waals surface area contributed by atoms with Gasteiger partial charge in [0, 0.05) is 24.5 Å². The van der Waals surface area contributed by atoms with Crippen molar-refractivity contribution in [3.63, 3.8) is 0 Å². The van der Waals surface area contributed by atoms with Crippen molar-refractivity contribution < 1.29 is 32.3 Å². The third-order valence-electron chi connectivity index (χ3n) is 11.5. The number of esters is 2. The highest BCUT2D eigenvalue weighted by atomic mass is 28.4. The topological polar surface area (TPSA) is 80.3 Å². The third kappa shape index (κ3) is 18.8. The van der Waals surface area contributed by atoms with Gasteiger partial charge < -0.3 is 22.8 Å². The Hall–Kier alpha value is -2.09. The highest BCUT2D eigenvalue weighted by Crippen LogP contribution is 2.44. The molecular weight excluding hydrogens is 761 g/mol. The van der Waals surface area contributed by atoms with Crippen molar-refractivity contribution >= 4 is 36.9 Å². The molecule has 326 valence electrons. The molecule has 0 fully saturated rings. The molecule has 0 aromatic carbocycles. The maximum Gasteiger partial charge on any atom is 0.330 e. The van der Waals surface area contributed by atoms with Crippen LogP contribution in [0.5, 0.6) is 0 Å². The van der Waals surface area contributed by atoms with Gasteiger partial charge in [0.15, 0.2) is 16.6 Å². The van der Waals surface area contributed by atoms with E-state index in [9.17, 15) is 9.59 Å². The maximum atomic E-state index is 13.2. The van der Waals surface area contributed by atoms with Gasteiger partial charge in [-0.1, -0.05) is 129 Å². The summed E-state index contributed by atoms with van der Waals surface area (Å²) in [5, 5.41) is 0.0558. The number of ether oxygens (including phenoxy) is 2. The molecule has 0 aromatic heterocycles. The molecule has 0 amide bonds. The lowest BCUT2D eigenvalue weighted by molar-refractivity contribution is -0.144. The molecule has 0 saturated carbocycles. The Bertz CT molecular complexity index is 1400. The molecule has 57 heavy (non-hydrogen) atoms. The lowest BCUT2D eigenvalue weighted by atomic mass is 9.95. The molecule has 0 aliphatic carbocycles. The highest BCUT2D eigenvalue weighted by Gasteiger charge is 2.48. The van der Waals surface area contributed by atoms with Crippen LogP contribution in [0.1, 0.15) is 122 Å². The van der Waals surface area contributed by atoms with Gasteiger partial charge in [-0.15, -0.1) is 0 Å². The lowest BCUT2D eigenvalue weighted by Crippen LogP contribution is -2.53. The van der Waals surface area contributed by atoms with E-state index < -0.39 is 30.9 Å².